The molecule has 0 aromatic carbocycles. The van der Waals surface area contributed by atoms with Crippen molar-refractivity contribution in [2.75, 3.05) is 6.26 Å². The van der Waals surface area contributed by atoms with Crippen LogP contribution in [0.15, 0.2) is 10.3 Å². The van der Waals surface area contributed by atoms with Gasteiger partial charge < -0.3 is 5.11 Å². The molecule has 0 fully saturated rings. The van der Waals surface area contributed by atoms with Crippen LogP contribution in [-0.4, -0.2) is 11.4 Å². The highest BCUT2D eigenvalue weighted by Gasteiger charge is 2.20. The van der Waals surface area contributed by atoms with Crippen LogP contribution in [0.1, 0.15) is 24.3 Å². The van der Waals surface area contributed by atoms with Crippen LogP contribution in [0.4, 0.5) is 0 Å². The Morgan fingerprint density at radius 3 is 2.33 bits per heavy atom. The molecule has 1 N–H and O–H groups in total. The summed E-state index contributed by atoms with van der Waals surface area (Å²) < 4.78 is 1.27. The van der Waals surface area contributed by atoms with Crippen molar-refractivity contribution in [3.05, 3.63) is 16.5 Å². The van der Waals surface area contributed by atoms with Gasteiger partial charge in [-0.2, -0.15) is 0 Å². The standard InChI is InChI=1S/C9H14OS2/c1-6-7(9(2,3)10)5-8(11-4)12-6/h5,10H,1-4H3. The molecule has 0 saturated carbocycles. The van der Waals surface area contributed by atoms with E-state index < -0.39 is 5.60 Å². The molecule has 0 spiro atoms. The Bertz CT molecular complexity index is 271. The molecule has 0 aliphatic carbocycles. The molecule has 1 aromatic rings. The summed E-state index contributed by atoms with van der Waals surface area (Å²) in [6.07, 6.45) is 2.05. The third-order valence-corrected chi connectivity index (χ3v) is 3.87. The fourth-order valence-corrected chi connectivity index (χ4v) is 3.00. The van der Waals surface area contributed by atoms with Crippen molar-refractivity contribution in [3.63, 3.8) is 0 Å². The summed E-state index contributed by atoms with van der Waals surface area (Å²) in [7, 11) is 0. The Morgan fingerprint density at radius 1 is 1.50 bits per heavy atom. The zero-order chi connectivity index (χ0) is 9.35. The van der Waals surface area contributed by atoms with Crippen LogP contribution in [0.25, 0.3) is 0 Å². The predicted molar refractivity (Wildman–Crippen MR) is 56.1 cm³/mol. The van der Waals surface area contributed by atoms with Crippen LogP contribution < -0.4 is 0 Å². The van der Waals surface area contributed by atoms with Crippen LogP contribution in [0.3, 0.4) is 0 Å². The van der Waals surface area contributed by atoms with Gasteiger partial charge in [-0.3, -0.25) is 0 Å². The summed E-state index contributed by atoms with van der Waals surface area (Å²) in [5.41, 5.74) is 0.353. The molecule has 12 heavy (non-hydrogen) atoms. The molecular weight excluding hydrogens is 188 g/mol. The fraction of sp³-hybridized carbons (Fsp3) is 0.556. The Morgan fingerprint density at radius 2 is 2.08 bits per heavy atom. The summed E-state index contributed by atoms with van der Waals surface area (Å²) in [5, 5.41) is 9.78. The van der Waals surface area contributed by atoms with Crippen LogP contribution in [-0.2, 0) is 5.60 Å². The van der Waals surface area contributed by atoms with Gasteiger partial charge in [-0.05, 0) is 38.7 Å². The van der Waals surface area contributed by atoms with Crippen molar-refractivity contribution in [3.8, 4) is 0 Å². The molecule has 0 radical (unpaired) electrons. The largest absolute Gasteiger partial charge is 0.386 e. The van der Waals surface area contributed by atoms with Crippen LogP contribution in [0, 0.1) is 6.92 Å². The Kier molecular flexibility index (Phi) is 2.86. The van der Waals surface area contributed by atoms with Gasteiger partial charge >= 0.3 is 0 Å². The SMILES string of the molecule is CSc1cc(C(C)(C)O)c(C)s1. The lowest BCUT2D eigenvalue weighted by atomic mass is 10.00. The highest BCUT2D eigenvalue weighted by atomic mass is 32.2. The third kappa shape index (κ3) is 2.03. The van der Waals surface area contributed by atoms with E-state index in [4.69, 9.17) is 0 Å². The second kappa shape index (κ2) is 3.40. The lowest BCUT2D eigenvalue weighted by molar-refractivity contribution is 0.0783. The van der Waals surface area contributed by atoms with Crippen molar-refractivity contribution in [2.24, 2.45) is 0 Å². The normalized spacial score (nSPS) is 12.1. The molecule has 0 saturated heterocycles. The van der Waals surface area contributed by atoms with Crippen LogP contribution in [0.5, 0.6) is 0 Å². The van der Waals surface area contributed by atoms with E-state index >= 15 is 0 Å². The minimum Gasteiger partial charge on any atom is -0.386 e. The molecule has 0 bridgehead atoms. The predicted octanol–water partition coefficient (Wildman–Crippen LogP) is 3.01. The maximum Gasteiger partial charge on any atom is 0.0851 e. The van der Waals surface area contributed by atoms with Gasteiger partial charge in [0.2, 0.25) is 0 Å². The second-order valence-electron chi connectivity index (χ2n) is 3.30. The first-order valence-corrected chi connectivity index (χ1v) is 5.86. The minimum atomic E-state index is -0.700. The monoisotopic (exact) mass is 202 g/mol. The quantitative estimate of drug-likeness (QED) is 0.744. The number of rotatable bonds is 2. The van der Waals surface area contributed by atoms with Crippen molar-refractivity contribution in [1.82, 2.24) is 0 Å². The summed E-state index contributed by atoms with van der Waals surface area (Å²) in [6.45, 7) is 5.70. The lowest BCUT2D eigenvalue weighted by Gasteiger charge is -2.16. The number of hydrogen-bond acceptors (Lipinski definition) is 3. The van der Waals surface area contributed by atoms with E-state index in [0.29, 0.717) is 0 Å². The van der Waals surface area contributed by atoms with Gasteiger partial charge in [0.15, 0.2) is 0 Å². The summed E-state index contributed by atoms with van der Waals surface area (Å²) in [5.74, 6) is 0. The highest BCUT2D eigenvalue weighted by Crippen LogP contribution is 2.34. The van der Waals surface area contributed by atoms with E-state index in [2.05, 4.69) is 19.2 Å². The molecule has 3 heteroatoms. The van der Waals surface area contributed by atoms with E-state index in [-0.39, 0.29) is 0 Å². The average Bonchev–Trinajstić information content (AvgIpc) is 2.29. The number of thiophene rings is 1. The van der Waals surface area contributed by atoms with Crippen molar-refractivity contribution in [1.29, 1.82) is 0 Å². The number of aliphatic hydroxyl groups is 1. The van der Waals surface area contributed by atoms with E-state index in [1.54, 1.807) is 23.1 Å². The molecule has 0 amide bonds. The van der Waals surface area contributed by atoms with E-state index in [0.717, 1.165) is 5.56 Å². The third-order valence-electron chi connectivity index (χ3n) is 1.76. The second-order valence-corrected chi connectivity index (χ2v) is 5.66. The van der Waals surface area contributed by atoms with Gasteiger partial charge in [0.25, 0.3) is 0 Å². The Balaban J connectivity index is 3.08. The zero-order valence-electron chi connectivity index (χ0n) is 7.84. The van der Waals surface area contributed by atoms with Gasteiger partial charge in [-0.1, -0.05) is 0 Å². The molecule has 1 nitrogen and oxygen atoms in total. The Labute approximate surface area is 81.8 Å². The van der Waals surface area contributed by atoms with Crippen molar-refractivity contribution in [2.45, 2.75) is 30.6 Å². The molecule has 68 valence electrons. The summed E-state index contributed by atoms with van der Waals surface area (Å²) in [4.78, 5) is 1.21. The van der Waals surface area contributed by atoms with Gasteiger partial charge in [0.1, 0.15) is 0 Å². The molecular formula is C9H14OS2. The van der Waals surface area contributed by atoms with Crippen molar-refractivity contribution >= 4 is 23.1 Å². The van der Waals surface area contributed by atoms with Crippen LogP contribution in [0.2, 0.25) is 0 Å². The average molecular weight is 202 g/mol. The van der Waals surface area contributed by atoms with Gasteiger partial charge in [0, 0.05) is 4.88 Å². The van der Waals surface area contributed by atoms with Crippen LogP contribution >= 0.6 is 23.1 Å². The maximum atomic E-state index is 9.78. The molecule has 0 atom stereocenters. The molecule has 1 heterocycles. The smallest absolute Gasteiger partial charge is 0.0851 e. The van der Waals surface area contributed by atoms with Crippen molar-refractivity contribution < 1.29 is 5.11 Å². The molecule has 0 unspecified atom stereocenters. The van der Waals surface area contributed by atoms with Gasteiger partial charge in [-0.15, -0.1) is 23.1 Å². The highest BCUT2D eigenvalue weighted by molar-refractivity contribution is 8.00. The minimum absolute atomic E-state index is 0.700. The van der Waals surface area contributed by atoms with E-state index in [1.165, 1.54) is 9.09 Å². The Hall–Kier alpha value is 0.01000. The number of aryl methyl sites for hydroxylation is 1. The van der Waals surface area contributed by atoms with Gasteiger partial charge in [0.05, 0.1) is 9.81 Å². The fourth-order valence-electron chi connectivity index (χ4n) is 1.16. The zero-order valence-corrected chi connectivity index (χ0v) is 9.47. The first-order valence-electron chi connectivity index (χ1n) is 3.82. The van der Waals surface area contributed by atoms with Gasteiger partial charge in [-0.25, -0.2) is 0 Å². The maximum absolute atomic E-state index is 9.78. The summed E-state index contributed by atoms with van der Waals surface area (Å²) >= 11 is 3.47. The first kappa shape index (κ1) is 10.1. The summed E-state index contributed by atoms with van der Waals surface area (Å²) in [6, 6.07) is 2.07. The molecule has 0 aliphatic heterocycles. The molecule has 1 rings (SSSR count). The number of thioether (sulfide) groups is 1. The number of hydrogen-bond donors (Lipinski definition) is 1. The van der Waals surface area contributed by atoms with E-state index in [1.807, 2.05) is 13.8 Å². The lowest BCUT2D eigenvalue weighted by Crippen LogP contribution is -2.15. The van der Waals surface area contributed by atoms with E-state index in [9.17, 15) is 5.11 Å². The first-order chi connectivity index (χ1) is 5.45. The molecule has 1 aromatic heterocycles. The topological polar surface area (TPSA) is 20.2 Å². The molecule has 0 aliphatic rings.